The van der Waals surface area contributed by atoms with Crippen LogP contribution in [0.4, 0.5) is 5.69 Å². The van der Waals surface area contributed by atoms with Crippen LogP contribution in [0.5, 0.6) is 0 Å². The summed E-state index contributed by atoms with van der Waals surface area (Å²) in [5.74, 6) is 1.10. The second kappa shape index (κ2) is 7.55. The van der Waals surface area contributed by atoms with E-state index >= 15 is 0 Å². The van der Waals surface area contributed by atoms with Crippen LogP contribution >= 0.6 is 11.8 Å². The van der Waals surface area contributed by atoms with Crippen molar-refractivity contribution in [2.75, 3.05) is 23.7 Å². The van der Waals surface area contributed by atoms with Gasteiger partial charge < -0.3 is 10.6 Å². The molecule has 1 heterocycles. The lowest BCUT2D eigenvalue weighted by atomic mass is 9.74. The van der Waals surface area contributed by atoms with E-state index in [9.17, 15) is 0 Å². The SMILES string of the molecule is CCSc1cccc(N2CCC(CC)(CC)CC2)c1CN. The van der Waals surface area contributed by atoms with Gasteiger partial charge >= 0.3 is 0 Å². The number of rotatable bonds is 6. The second-order valence-corrected chi connectivity index (χ2v) is 7.39. The van der Waals surface area contributed by atoms with Crippen molar-refractivity contribution in [3.8, 4) is 0 Å². The molecule has 1 fully saturated rings. The number of benzene rings is 1. The number of hydrogen-bond acceptors (Lipinski definition) is 3. The maximum absolute atomic E-state index is 6.05. The molecule has 0 amide bonds. The van der Waals surface area contributed by atoms with E-state index in [-0.39, 0.29) is 0 Å². The summed E-state index contributed by atoms with van der Waals surface area (Å²) in [5.41, 5.74) is 9.34. The molecule has 0 unspecified atom stereocenters. The van der Waals surface area contributed by atoms with Crippen LogP contribution in [0, 0.1) is 5.41 Å². The lowest BCUT2D eigenvalue weighted by Crippen LogP contribution is -2.40. The van der Waals surface area contributed by atoms with Gasteiger partial charge in [0.2, 0.25) is 0 Å². The Bertz CT molecular complexity index is 445. The quantitative estimate of drug-likeness (QED) is 0.775. The summed E-state index contributed by atoms with van der Waals surface area (Å²) in [7, 11) is 0. The van der Waals surface area contributed by atoms with Crippen LogP contribution in [-0.2, 0) is 6.54 Å². The van der Waals surface area contributed by atoms with Gasteiger partial charge in [-0.25, -0.2) is 0 Å². The number of piperidine rings is 1. The van der Waals surface area contributed by atoms with Crippen LogP contribution in [0.1, 0.15) is 52.0 Å². The molecule has 1 aromatic rings. The minimum Gasteiger partial charge on any atom is -0.371 e. The van der Waals surface area contributed by atoms with Crippen LogP contribution in [0.25, 0.3) is 0 Å². The van der Waals surface area contributed by atoms with Crippen molar-refractivity contribution < 1.29 is 0 Å². The van der Waals surface area contributed by atoms with Crippen LogP contribution < -0.4 is 10.6 Å². The molecule has 0 saturated carbocycles. The molecule has 1 saturated heterocycles. The summed E-state index contributed by atoms with van der Waals surface area (Å²) in [4.78, 5) is 3.92. The Morgan fingerprint density at radius 2 is 1.81 bits per heavy atom. The summed E-state index contributed by atoms with van der Waals surface area (Å²) in [6.07, 6.45) is 5.25. The van der Waals surface area contributed by atoms with Crippen LogP contribution in [-0.4, -0.2) is 18.8 Å². The molecular formula is C18H30N2S. The Morgan fingerprint density at radius 3 is 2.33 bits per heavy atom. The van der Waals surface area contributed by atoms with Gasteiger partial charge in [0.05, 0.1) is 0 Å². The van der Waals surface area contributed by atoms with Crippen LogP contribution in [0.3, 0.4) is 0 Å². The van der Waals surface area contributed by atoms with Gasteiger partial charge in [-0.3, -0.25) is 0 Å². The summed E-state index contributed by atoms with van der Waals surface area (Å²) >= 11 is 1.91. The van der Waals surface area contributed by atoms with E-state index in [4.69, 9.17) is 5.73 Å². The third-order valence-electron chi connectivity index (χ3n) is 5.28. The third kappa shape index (κ3) is 3.57. The van der Waals surface area contributed by atoms with Gasteiger partial charge in [-0.05, 0) is 36.1 Å². The zero-order chi connectivity index (χ0) is 15.3. The van der Waals surface area contributed by atoms with E-state index in [0.717, 1.165) is 5.75 Å². The van der Waals surface area contributed by atoms with Gasteiger partial charge in [0.1, 0.15) is 0 Å². The number of nitrogens with two attached hydrogens (primary N) is 1. The average Bonchev–Trinajstić information content (AvgIpc) is 2.55. The number of nitrogens with zero attached hydrogens (tertiary/aromatic N) is 1. The second-order valence-electron chi connectivity index (χ2n) is 6.09. The van der Waals surface area contributed by atoms with Crippen molar-refractivity contribution in [1.29, 1.82) is 0 Å². The first-order valence-electron chi connectivity index (χ1n) is 8.39. The number of anilines is 1. The van der Waals surface area contributed by atoms with Crippen molar-refractivity contribution in [1.82, 2.24) is 0 Å². The summed E-state index contributed by atoms with van der Waals surface area (Å²) in [6.45, 7) is 9.90. The molecule has 0 atom stereocenters. The van der Waals surface area contributed by atoms with E-state index in [1.165, 1.54) is 54.9 Å². The normalized spacial score (nSPS) is 18.0. The lowest BCUT2D eigenvalue weighted by Gasteiger charge is -2.42. The third-order valence-corrected chi connectivity index (χ3v) is 6.26. The molecule has 0 radical (unpaired) electrons. The van der Waals surface area contributed by atoms with Gasteiger partial charge in [0.15, 0.2) is 0 Å². The molecule has 2 rings (SSSR count). The van der Waals surface area contributed by atoms with Gasteiger partial charge in [0, 0.05) is 35.8 Å². The fourth-order valence-electron chi connectivity index (χ4n) is 3.53. The molecule has 3 heteroatoms. The monoisotopic (exact) mass is 306 g/mol. The van der Waals surface area contributed by atoms with E-state index < -0.39 is 0 Å². The smallest absolute Gasteiger partial charge is 0.0423 e. The van der Waals surface area contributed by atoms with Gasteiger partial charge in [-0.15, -0.1) is 11.8 Å². The van der Waals surface area contributed by atoms with Crippen molar-refractivity contribution in [2.45, 2.75) is 57.9 Å². The Labute approximate surface area is 134 Å². The fourth-order valence-corrected chi connectivity index (χ4v) is 4.37. The Hall–Kier alpha value is -0.670. The topological polar surface area (TPSA) is 29.3 Å². The van der Waals surface area contributed by atoms with Crippen molar-refractivity contribution >= 4 is 17.4 Å². The lowest BCUT2D eigenvalue weighted by molar-refractivity contribution is 0.199. The van der Waals surface area contributed by atoms with Crippen LogP contribution in [0.15, 0.2) is 23.1 Å². The largest absolute Gasteiger partial charge is 0.371 e. The maximum atomic E-state index is 6.05. The summed E-state index contributed by atoms with van der Waals surface area (Å²) < 4.78 is 0. The molecule has 0 aromatic heterocycles. The van der Waals surface area contributed by atoms with E-state index in [2.05, 4.69) is 43.9 Å². The molecule has 0 aliphatic carbocycles. The molecule has 2 nitrogen and oxygen atoms in total. The standard InChI is InChI=1S/C18H30N2S/c1-4-18(5-2)10-12-20(13-11-18)16-8-7-9-17(21-6-3)15(16)14-19/h7-9H,4-6,10-14,19H2,1-3H3. The Kier molecular flexibility index (Phi) is 6.00. The maximum Gasteiger partial charge on any atom is 0.0423 e. The molecule has 118 valence electrons. The minimum absolute atomic E-state index is 0.579. The molecule has 21 heavy (non-hydrogen) atoms. The highest BCUT2D eigenvalue weighted by Crippen LogP contribution is 2.40. The van der Waals surface area contributed by atoms with Crippen molar-refractivity contribution in [3.63, 3.8) is 0 Å². The number of thioether (sulfide) groups is 1. The molecule has 0 spiro atoms. The minimum atomic E-state index is 0.579. The highest BCUT2D eigenvalue weighted by Gasteiger charge is 2.31. The molecular weight excluding hydrogens is 276 g/mol. The predicted molar refractivity (Wildman–Crippen MR) is 95.2 cm³/mol. The van der Waals surface area contributed by atoms with Gasteiger partial charge in [-0.2, -0.15) is 0 Å². The van der Waals surface area contributed by atoms with Gasteiger partial charge in [0.25, 0.3) is 0 Å². The van der Waals surface area contributed by atoms with E-state index in [0.29, 0.717) is 12.0 Å². The first kappa shape index (κ1) is 16.7. The Morgan fingerprint density at radius 1 is 1.14 bits per heavy atom. The first-order chi connectivity index (χ1) is 10.2. The molecule has 1 aliphatic rings. The average molecular weight is 307 g/mol. The highest BCUT2D eigenvalue weighted by molar-refractivity contribution is 7.99. The number of hydrogen-bond donors (Lipinski definition) is 1. The molecule has 2 N–H and O–H groups in total. The van der Waals surface area contributed by atoms with E-state index in [1.807, 2.05) is 11.8 Å². The van der Waals surface area contributed by atoms with Gasteiger partial charge in [-0.1, -0.05) is 39.7 Å². The van der Waals surface area contributed by atoms with Crippen molar-refractivity contribution in [3.05, 3.63) is 23.8 Å². The summed E-state index contributed by atoms with van der Waals surface area (Å²) in [5, 5.41) is 0. The zero-order valence-corrected chi connectivity index (χ0v) is 14.6. The fraction of sp³-hybridized carbons (Fsp3) is 0.667. The predicted octanol–water partition coefficient (Wildman–Crippen LogP) is 4.66. The first-order valence-corrected chi connectivity index (χ1v) is 9.38. The zero-order valence-electron chi connectivity index (χ0n) is 13.8. The van der Waals surface area contributed by atoms with E-state index in [1.54, 1.807) is 0 Å². The van der Waals surface area contributed by atoms with Crippen LogP contribution in [0.2, 0.25) is 0 Å². The molecule has 1 aromatic carbocycles. The highest BCUT2D eigenvalue weighted by atomic mass is 32.2. The van der Waals surface area contributed by atoms with Crippen molar-refractivity contribution in [2.24, 2.45) is 11.1 Å². The summed E-state index contributed by atoms with van der Waals surface area (Å²) in [6, 6.07) is 6.66. The molecule has 1 aliphatic heterocycles. The Balaban J connectivity index is 2.18. The molecule has 0 bridgehead atoms.